The Kier molecular flexibility index (Phi) is 3.68. The zero-order chi connectivity index (χ0) is 10.6. The molecule has 0 aliphatic heterocycles. The van der Waals surface area contributed by atoms with Gasteiger partial charge in [0, 0.05) is 11.4 Å². The fourth-order valence-corrected chi connectivity index (χ4v) is 1.80. The number of nitriles is 1. The lowest BCUT2D eigenvalue weighted by molar-refractivity contribution is 0.214. The summed E-state index contributed by atoms with van der Waals surface area (Å²) in [5, 5.41) is 11.0. The number of nitrogens with zero attached hydrogens (tertiary/aromatic N) is 2. The summed E-state index contributed by atoms with van der Waals surface area (Å²) in [5.41, 5.74) is -0.364. The molecule has 0 amide bonds. The van der Waals surface area contributed by atoms with E-state index in [-0.39, 0.29) is 5.54 Å². The van der Waals surface area contributed by atoms with E-state index in [1.807, 2.05) is 20.9 Å². The highest BCUT2D eigenvalue weighted by Gasteiger charge is 2.22. The summed E-state index contributed by atoms with van der Waals surface area (Å²) >= 11 is 1.77. The molecule has 0 saturated heterocycles. The second kappa shape index (κ2) is 4.59. The zero-order valence-corrected chi connectivity index (χ0v) is 9.77. The maximum Gasteiger partial charge on any atom is 0.103 e. The van der Waals surface area contributed by atoms with Crippen molar-refractivity contribution in [1.29, 1.82) is 5.26 Å². The van der Waals surface area contributed by atoms with Crippen molar-refractivity contribution < 1.29 is 0 Å². The molecule has 1 aromatic rings. The van der Waals surface area contributed by atoms with Crippen LogP contribution in [0.5, 0.6) is 0 Å². The van der Waals surface area contributed by atoms with Crippen molar-refractivity contribution in [3.63, 3.8) is 0 Å². The first kappa shape index (κ1) is 11.2. The molecule has 2 nitrogen and oxygen atoms in total. The lowest BCUT2D eigenvalue weighted by atomic mass is 10.1. The van der Waals surface area contributed by atoms with Crippen LogP contribution in [-0.2, 0) is 6.42 Å². The second-order valence-electron chi connectivity index (χ2n) is 3.92. The Hall–Kier alpha value is -0.850. The molecule has 0 radical (unpaired) electrons. The molecule has 1 heterocycles. The third-order valence-corrected chi connectivity index (χ3v) is 3.44. The number of likely N-dealkylation sites (N-methyl/N-ethyl adjacent to an activating group) is 1. The molecule has 0 unspecified atom stereocenters. The van der Waals surface area contributed by atoms with Crippen LogP contribution in [0, 0.1) is 11.3 Å². The van der Waals surface area contributed by atoms with E-state index in [1.165, 1.54) is 4.88 Å². The van der Waals surface area contributed by atoms with Crippen LogP contribution < -0.4 is 0 Å². The first-order chi connectivity index (χ1) is 6.56. The SMILES string of the molecule is CN(CCc1cccs1)C(C)(C)C#N. The van der Waals surface area contributed by atoms with Crippen molar-refractivity contribution in [1.82, 2.24) is 4.90 Å². The molecule has 1 rings (SSSR count). The molecular formula is C11H16N2S. The number of hydrogen-bond acceptors (Lipinski definition) is 3. The number of thiophene rings is 1. The molecule has 0 bridgehead atoms. The predicted molar refractivity (Wildman–Crippen MR) is 60.3 cm³/mol. The Balaban J connectivity index is 2.43. The van der Waals surface area contributed by atoms with Crippen molar-refractivity contribution in [3.8, 4) is 6.07 Å². The summed E-state index contributed by atoms with van der Waals surface area (Å²) in [6, 6.07) is 6.50. The largest absolute Gasteiger partial charge is 0.289 e. The minimum absolute atomic E-state index is 0.364. The van der Waals surface area contributed by atoms with E-state index in [0.29, 0.717) is 0 Å². The minimum Gasteiger partial charge on any atom is -0.289 e. The van der Waals surface area contributed by atoms with Crippen molar-refractivity contribution in [2.45, 2.75) is 25.8 Å². The van der Waals surface area contributed by atoms with Crippen LogP contribution in [0.25, 0.3) is 0 Å². The van der Waals surface area contributed by atoms with Gasteiger partial charge in [-0.15, -0.1) is 11.3 Å². The normalized spacial score (nSPS) is 11.6. The van der Waals surface area contributed by atoms with Gasteiger partial charge in [-0.2, -0.15) is 5.26 Å². The van der Waals surface area contributed by atoms with Crippen LogP contribution in [0.3, 0.4) is 0 Å². The summed E-state index contributed by atoms with van der Waals surface area (Å²) in [7, 11) is 2.00. The molecule has 0 spiro atoms. The molecule has 0 N–H and O–H groups in total. The second-order valence-corrected chi connectivity index (χ2v) is 4.95. The van der Waals surface area contributed by atoms with Gasteiger partial charge >= 0.3 is 0 Å². The van der Waals surface area contributed by atoms with E-state index >= 15 is 0 Å². The van der Waals surface area contributed by atoms with Gasteiger partial charge in [0.25, 0.3) is 0 Å². The quantitative estimate of drug-likeness (QED) is 0.760. The summed E-state index contributed by atoms with van der Waals surface area (Å²) in [5.74, 6) is 0. The first-order valence-electron chi connectivity index (χ1n) is 4.71. The van der Waals surface area contributed by atoms with Gasteiger partial charge in [0.2, 0.25) is 0 Å². The molecule has 1 aromatic heterocycles. The van der Waals surface area contributed by atoms with Crippen molar-refractivity contribution in [3.05, 3.63) is 22.4 Å². The van der Waals surface area contributed by atoms with Crippen molar-refractivity contribution in [2.24, 2.45) is 0 Å². The maximum absolute atomic E-state index is 8.93. The Morgan fingerprint density at radius 2 is 2.29 bits per heavy atom. The molecule has 0 aliphatic rings. The van der Waals surface area contributed by atoms with Gasteiger partial charge in [-0.25, -0.2) is 0 Å². The van der Waals surface area contributed by atoms with Crippen molar-refractivity contribution in [2.75, 3.05) is 13.6 Å². The van der Waals surface area contributed by atoms with E-state index in [2.05, 4.69) is 28.5 Å². The molecule has 0 fully saturated rings. The average molecular weight is 208 g/mol. The molecule has 0 aliphatic carbocycles. The highest BCUT2D eigenvalue weighted by Crippen LogP contribution is 2.14. The summed E-state index contributed by atoms with van der Waals surface area (Å²) < 4.78 is 0. The van der Waals surface area contributed by atoms with Crippen LogP contribution in [0.2, 0.25) is 0 Å². The van der Waals surface area contributed by atoms with Gasteiger partial charge < -0.3 is 0 Å². The monoisotopic (exact) mass is 208 g/mol. The average Bonchev–Trinajstić information content (AvgIpc) is 2.66. The first-order valence-corrected chi connectivity index (χ1v) is 5.59. The van der Waals surface area contributed by atoms with E-state index < -0.39 is 0 Å². The summed E-state index contributed by atoms with van der Waals surface area (Å²) in [4.78, 5) is 3.47. The van der Waals surface area contributed by atoms with Gasteiger partial charge in [0.1, 0.15) is 5.54 Å². The van der Waals surface area contributed by atoms with Gasteiger partial charge in [0.15, 0.2) is 0 Å². The Morgan fingerprint density at radius 3 is 2.79 bits per heavy atom. The molecule has 0 aromatic carbocycles. The Labute approximate surface area is 89.8 Å². The topological polar surface area (TPSA) is 27.0 Å². The van der Waals surface area contributed by atoms with Crippen LogP contribution in [0.15, 0.2) is 17.5 Å². The summed E-state index contributed by atoms with van der Waals surface area (Å²) in [6.07, 6.45) is 1.03. The van der Waals surface area contributed by atoms with Gasteiger partial charge in [-0.1, -0.05) is 6.07 Å². The Morgan fingerprint density at radius 1 is 1.57 bits per heavy atom. The number of rotatable bonds is 4. The van der Waals surface area contributed by atoms with E-state index in [0.717, 1.165) is 13.0 Å². The van der Waals surface area contributed by atoms with Gasteiger partial charge in [0.05, 0.1) is 6.07 Å². The molecule has 76 valence electrons. The van der Waals surface area contributed by atoms with Gasteiger partial charge in [-0.05, 0) is 38.8 Å². The third-order valence-electron chi connectivity index (χ3n) is 2.50. The standard InChI is InChI=1S/C11H16N2S/c1-11(2,9-12)13(3)7-6-10-5-4-8-14-10/h4-5,8H,6-7H2,1-3H3. The maximum atomic E-state index is 8.93. The predicted octanol–water partition coefficient (Wildman–Crippen LogP) is 2.52. The number of hydrogen-bond donors (Lipinski definition) is 0. The van der Waals surface area contributed by atoms with E-state index in [1.54, 1.807) is 11.3 Å². The van der Waals surface area contributed by atoms with Crippen LogP contribution >= 0.6 is 11.3 Å². The zero-order valence-electron chi connectivity index (χ0n) is 8.95. The van der Waals surface area contributed by atoms with E-state index in [9.17, 15) is 0 Å². The van der Waals surface area contributed by atoms with E-state index in [4.69, 9.17) is 5.26 Å². The lowest BCUT2D eigenvalue weighted by Crippen LogP contribution is -2.40. The molecule has 3 heteroatoms. The highest BCUT2D eigenvalue weighted by molar-refractivity contribution is 7.09. The van der Waals surface area contributed by atoms with Crippen LogP contribution in [-0.4, -0.2) is 24.0 Å². The smallest absolute Gasteiger partial charge is 0.103 e. The fourth-order valence-electron chi connectivity index (χ4n) is 1.10. The fraction of sp³-hybridized carbons (Fsp3) is 0.545. The van der Waals surface area contributed by atoms with Crippen LogP contribution in [0.1, 0.15) is 18.7 Å². The summed E-state index contributed by atoms with van der Waals surface area (Å²) in [6.45, 7) is 4.82. The van der Waals surface area contributed by atoms with Crippen LogP contribution in [0.4, 0.5) is 0 Å². The van der Waals surface area contributed by atoms with Gasteiger partial charge in [-0.3, -0.25) is 4.90 Å². The Bertz CT molecular complexity index is 309. The minimum atomic E-state index is -0.364. The van der Waals surface area contributed by atoms with Crippen molar-refractivity contribution >= 4 is 11.3 Å². The molecule has 0 atom stereocenters. The molecule has 0 saturated carbocycles. The molecule has 14 heavy (non-hydrogen) atoms. The lowest BCUT2D eigenvalue weighted by Gasteiger charge is -2.28. The highest BCUT2D eigenvalue weighted by atomic mass is 32.1. The molecular weight excluding hydrogens is 192 g/mol. The third kappa shape index (κ3) is 2.83.